The van der Waals surface area contributed by atoms with Gasteiger partial charge in [-0.25, -0.2) is 0 Å². The zero-order valence-corrected chi connectivity index (χ0v) is 43.0. The molecule has 6 heteroatoms. The molecule has 0 aromatic carbocycles. The second-order valence-corrected chi connectivity index (χ2v) is 18.5. The summed E-state index contributed by atoms with van der Waals surface area (Å²) in [5.74, 6) is -0.871. The van der Waals surface area contributed by atoms with Gasteiger partial charge >= 0.3 is 17.9 Å². The van der Waals surface area contributed by atoms with Crippen molar-refractivity contribution in [1.29, 1.82) is 0 Å². The number of unbranched alkanes of at least 4 members (excludes halogenated alkanes) is 29. The normalized spacial score (nSPS) is 12.5. The Morgan fingerprint density at radius 2 is 0.600 bits per heavy atom. The van der Waals surface area contributed by atoms with E-state index in [-0.39, 0.29) is 31.1 Å². The van der Waals surface area contributed by atoms with Crippen LogP contribution in [0, 0.1) is 0 Å². The fourth-order valence-corrected chi connectivity index (χ4v) is 7.88. The Morgan fingerprint density at radius 1 is 0.323 bits per heavy atom. The van der Waals surface area contributed by atoms with Crippen molar-refractivity contribution in [2.45, 2.75) is 284 Å². The lowest BCUT2D eigenvalue weighted by atomic mass is 10.0. The lowest BCUT2D eigenvalue weighted by molar-refractivity contribution is -0.167. The predicted molar refractivity (Wildman–Crippen MR) is 279 cm³/mol. The molecule has 1 atom stereocenters. The Hall–Kier alpha value is -2.89. The molecule has 0 aromatic rings. The lowest BCUT2D eigenvalue weighted by Crippen LogP contribution is -2.30. The van der Waals surface area contributed by atoms with E-state index in [0.717, 1.165) is 89.9 Å². The van der Waals surface area contributed by atoms with Crippen LogP contribution in [0.2, 0.25) is 0 Å². The maximum atomic E-state index is 12.7. The Balaban J connectivity index is 3.95. The standard InChI is InChI=1S/C59H104O6/c1-4-7-10-13-16-19-20-21-22-23-24-25-26-27-28-29-30-31-32-33-34-35-36-37-38-39-40-41-44-46-49-52-58(61)64-55-56(65-59(62)53-50-47-43-18-15-12-9-6-3)54-63-57(60)51-48-45-42-17-14-11-8-5-2/h7,10,16,19,21-22,24-25,27-28,56H,4-6,8-9,11-15,17-18,20,23,26,29-55H2,1-3H3/b10-7-,19-16-,22-21-,25-24-,28-27-. The summed E-state index contributed by atoms with van der Waals surface area (Å²) in [6, 6.07) is 0. The summed E-state index contributed by atoms with van der Waals surface area (Å²) < 4.78 is 16.7. The minimum absolute atomic E-state index is 0.0697. The van der Waals surface area contributed by atoms with Gasteiger partial charge in [-0.05, 0) is 64.2 Å². The first-order valence-corrected chi connectivity index (χ1v) is 27.8. The van der Waals surface area contributed by atoms with E-state index >= 15 is 0 Å². The van der Waals surface area contributed by atoms with Gasteiger partial charge in [0.05, 0.1) is 0 Å². The molecule has 0 radical (unpaired) electrons. The number of allylic oxidation sites excluding steroid dienone is 10. The molecule has 0 aliphatic heterocycles. The molecule has 0 aliphatic rings. The number of rotatable bonds is 50. The van der Waals surface area contributed by atoms with Crippen molar-refractivity contribution in [1.82, 2.24) is 0 Å². The van der Waals surface area contributed by atoms with Gasteiger partial charge in [0, 0.05) is 19.3 Å². The fraction of sp³-hybridized carbons (Fsp3) is 0.780. The van der Waals surface area contributed by atoms with Gasteiger partial charge in [0.2, 0.25) is 0 Å². The van der Waals surface area contributed by atoms with Crippen LogP contribution in [0.5, 0.6) is 0 Å². The van der Waals surface area contributed by atoms with Crippen molar-refractivity contribution in [2.75, 3.05) is 13.2 Å². The van der Waals surface area contributed by atoms with Gasteiger partial charge in [0.1, 0.15) is 13.2 Å². The van der Waals surface area contributed by atoms with Crippen LogP contribution in [0.25, 0.3) is 0 Å². The maximum absolute atomic E-state index is 12.7. The molecule has 376 valence electrons. The summed E-state index contributed by atoms with van der Waals surface area (Å²) in [5.41, 5.74) is 0. The van der Waals surface area contributed by atoms with Gasteiger partial charge in [0.15, 0.2) is 6.10 Å². The van der Waals surface area contributed by atoms with Crippen molar-refractivity contribution < 1.29 is 28.6 Å². The van der Waals surface area contributed by atoms with Gasteiger partial charge < -0.3 is 14.2 Å². The molecule has 0 bridgehead atoms. The van der Waals surface area contributed by atoms with Gasteiger partial charge in [-0.15, -0.1) is 0 Å². The Labute approximate surface area is 402 Å². The van der Waals surface area contributed by atoms with Crippen LogP contribution < -0.4 is 0 Å². The van der Waals surface area contributed by atoms with Crippen LogP contribution in [0.15, 0.2) is 60.8 Å². The van der Waals surface area contributed by atoms with Crippen LogP contribution in [-0.4, -0.2) is 37.2 Å². The summed E-state index contributed by atoms with van der Waals surface area (Å²) in [7, 11) is 0. The van der Waals surface area contributed by atoms with Crippen molar-refractivity contribution in [3.63, 3.8) is 0 Å². The average molecular weight is 909 g/mol. The fourth-order valence-electron chi connectivity index (χ4n) is 7.88. The van der Waals surface area contributed by atoms with Crippen LogP contribution in [0.3, 0.4) is 0 Å². The summed E-state index contributed by atoms with van der Waals surface area (Å²) >= 11 is 0. The molecular formula is C59H104O6. The van der Waals surface area contributed by atoms with Crippen LogP contribution in [-0.2, 0) is 28.6 Å². The molecule has 0 aromatic heterocycles. The number of carbonyl (C=O) groups excluding carboxylic acids is 3. The first-order chi connectivity index (χ1) is 32.0. The number of hydrogen-bond donors (Lipinski definition) is 0. The SMILES string of the molecule is CC/C=C\C/C=C\C/C=C\C/C=C\C/C=C\CCCCCCCCCCCCCCCCCC(=O)OCC(COC(=O)CCCCCCCCCC)OC(=O)CCCCCCCCCC. The highest BCUT2D eigenvalue weighted by molar-refractivity contribution is 5.71. The van der Waals surface area contributed by atoms with E-state index in [1.807, 2.05) is 0 Å². The lowest BCUT2D eigenvalue weighted by Gasteiger charge is -2.18. The van der Waals surface area contributed by atoms with Crippen molar-refractivity contribution in [2.24, 2.45) is 0 Å². The summed E-state index contributed by atoms with van der Waals surface area (Å²) in [5, 5.41) is 0. The Bertz CT molecular complexity index is 1180. The molecule has 6 nitrogen and oxygen atoms in total. The molecule has 1 unspecified atom stereocenters. The molecular weight excluding hydrogens is 805 g/mol. The summed E-state index contributed by atoms with van der Waals surface area (Å²) in [4.78, 5) is 37.7. The topological polar surface area (TPSA) is 78.9 Å². The third kappa shape index (κ3) is 51.9. The second kappa shape index (κ2) is 53.7. The number of hydrogen-bond acceptors (Lipinski definition) is 6. The number of ether oxygens (including phenoxy) is 3. The minimum atomic E-state index is -0.765. The van der Waals surface area contributed by atoms with E-state index < -0.39 is 6.10 Å². The van der Waals surface area contributed by atoms with Crippen LogP contribution >= 0.6 is 0 Å². The van der Waals surface area contributed by atoms with E-state index in [1.165, 1.54) is 148 Å². The molecule has 0 fully saturated rings. The molecule has 65 heavy (non-hydrogen) atoms. The van der Waals surface area contributed by atoms with E-state index in [1.54, 1.807) is 0 Å². The first kappa shape index (κ1) is 62.1. The molecule has 0 rings (SSSR count). The smallest absolute Gasteiger partial charge is 0.306 e. The van der Waals surface area contributed by atoms with Crippen molar-refractivity contribution in [3.8, 4) is 0 Å². The minimum Gasteiger partial charge on any atom is -0.462 e. The second-order valence-electron chi connectivity index (χ2n) is 18.5. The molecule has 0 aliphatic carbocycles. The third-order valence-corrected chi connectivity index (χ3v) is 12.0. The number of carbonyl (C=O) groups is 3. The molecule has 0 saturated carbocycles. The quantitative estimate of drug-likeness (QED) is 0.0262. The van der Waals surface area contributed by atoms with E-state index in [4.69, 9.17) is 14.2 Å². The molecule has 0 saturated heterocycles. The predicted octanol–water partition coefficient (Wildman–Crippen LogP) is 18.4. The average Bonchev–Trinajstić information content (AvgIpc) is 3.30. The van der Waals surface area contributed by atoms with E-state index in [0.29, 0.717) is 19.3 Å². The summed E-state index contributed by atoms with van der Waals surface area (Å²) in [6.45, 7) is 6.48. The zero-order chi connectivity index (χ0) is 47.2. The Morgan fingerprint density at radius 3 is 0.938 bits per heavy atom. The third-order valence-electron chi connectivity index (χ3n) is 12.0. The van der Waals surface area contributed by atoms with Gasteiger partial charge in [-0.3, -0.25) is 14.4 Å². The highest BCUT2D eigenvalue weighted by Gasteiger charge is 2.19. The van der Waals surface area contributed by atoms with Crippen molar-refractivity contribution >= 4 is 17.9 Å². The molecule has 0 amide bonds. The number of esters is 3. The molecule has 0 heterocycles. The van der Waals surface area contributed by atoms with E-state index in [2.05, 4.69) is 81.5 Å². The largest absolute Gasteiger partial charge is 0.462 e. The maximum Gasteiger partial charge on any atom is 0.306 e. The van der Waals surface area contributed by atoms with Gasteiger partial charge in [-0.1, -0.05) is 255 Å². The Kier molecular flexibility index (Phi) is 51.3. The monoisotopic (exact) mass is 909 g/mol. The highest BCUT2D eigenvalue weighted by Crippen LogP contribution is 2.16. The highest BCUT2D eigenvalue weighted by atomic mass is 16.6. The summed E-state index contributed by atoms with van der Waals surface area (Å²) in [6.07, 6.45) is 66.8. The van der Waals surface area contributed by atoms with Gasteiger partial charge in [-0.2, -0.15) is 0 Å². The van der Waals surface area contributed by atoms with E-state index in [9.17, 15) is 14.4 Å². The molecule has 0 N–H and O–H groups in total. The van der Waals surface area contributed by atoms with Crippen LogP contribution in [0.4, 0.5) is 0 Å². The zero-order valence-electron chi connectivity index (χ0n) is 43.0. The van der Waals surface area contributed by atoms with Crippen LogP contribution in [0.1, 0.15) is 278 Å². The molecule has 0 spiro atoms. The van der Waals surface area contributed by atoms with Gasteiger partial charge in [0.25, 0.3) is 0 Å². The first-order valence-electron chi connectivity index (χ1n) is 27.8. The van der Waals surface area contributed by atoms with Crippen molar-refractivity contribution in [3.05, 3.63) is 60.8 Å².